The molecule has 8 rings (SSSR count). The van der Waals surface area contributed by atoms with Crippen molar-refractivity contribution in [3.63, 3.8) is 0 Å². The maximum atomic E-state index is 6.05. The van der Waals surface area contributed by atoms with Gasteiger partial charge < -0.3 is 4.42 Å². The Bertz CT molecular complexity index is 2220. The van der Waals surface area contributed by atoms with Crippen molar-refractivity contribution >= 4 is 21.9 Å². The summed E-state index contributed by atoms with van der Waals surface area (Å²) in [6.45, 7) is 2.20. The summed E-state index contributed by atoms with van der Waals surface area (Å²) in [5.74, 6) is 0. The van der Waals surface area contributed by atoms with E-state index in [1.54, 1.807) is 0 Å². The molecule has 0 atom stereocenters. The third-order valence-electron chi connectivity index (χ3n) is 8.41. The van der Waals surface area contributed by atoms with E-state index in [1.165, 1.54) is 33.4 Å². The van der Waals surface area contributed by atoms with Gasteiger partial charge in [0.15, 0.2) is 0 Å². The molecule has 2 aromatic heterocycles. The van der Waals surface area contributed by atoms with Crippen molar-refractivity contribution in [2.75, 3.05) is 0 Å². The van der Waals surface area contributed by atoms with Crippen molar-refractivity contribution in [3.8, 4) is 55.9 Å². The molecular weight excluding hydrogens is 534 g/mol. The minimum atomic E-state index is 0.919. The Kier molecular flexibility index (Phi) is 6.39. The zero-order chi connectivity index (χ0) is 29.5. The van der Waals surface area contributed by atoms with Gasteiger partial charge in [-0.2, -0.15) is 0 Å². The van der Waals surface area contributed by atoms with E-state index in [0.717, 1.165) is 50.0 Å². The number of nitrogens with zero attached hydrogens (tertiary/aromatic N) is 1. The molecule has 0 N–H and O–H groups in total. The number of hydrogen-bond donors (Lipinski definition) is 0. The summed E-state index contributed by atoms with van der Waals surface area (Å²) in [7, 11) is 0. The highest BCUT2D eigenvalue weighted by Crippen LogP contribution is 2.36. The lowest BCUT2D eigenvalue weighted by Gasteiger charge is -2.13. The fraction of sp³-hybridized carbons (Fsp3) is 0.0238. The van der Waals surface area contributed by atoms with E-state index in [4.69, 9.17) is 9.40 Å². The molecule has 0 amide bonds. The molecule has 0 saturated carbocycles. The van der Waals surface area contributed by atoms with Crippen LogP contribution in [-0.4, -0.2) is 4.98 Å². The Morgan fingerprint density at radius 1 is 0.386 bits per heavy atom. The quantitative estimate of drug-likeness (QED) is 0.208. The second-order valence-corrected chi connectivity index (χ2v) is 11.3. The van der Waals surface area contributed by atoms with Crippen LogP contribution in [0.1, 0.15) is 5.56 Å². The van der Waals surface area contributed by atoms with Gasteiger partial charge in [0.2, 0.25) is 0 Å². The predicted molar refractivity (Wildman–Crippen MR) is 183 cm³/mol. The van der Waals surface area contributed by atoms with Crippen LogP contribution in [0.3, 0.4) is 0 Å². The fourth-order valence-corrected chi connectivity index (χ4v) is 6.15. The van der Waals surface area contributed by atoms with Gasteiger partial charge in [-0.15, -0.1) is 0 Å². The molecule has 0 radical (unpaired) electrons. The van der Waals surface area contributed by atoms with Crippen LogP contribution in [-0.2, 0) is 0 Å². The number of aryl methyl sites for hydroxylation is 1. The van der Waals surface area contributed by atoms with Gasteiger partial charge in [0, 0.05) is 21.9 Å². The van der Waals surface area contributed by atoms with Crippen molar-refractivity contribution in [3.05, 3.63) is 163 Å². The van der Waals surface area contributed by atoms with Crippen molar-refractivity contribution < 1.29 is 4.42 Å². The van der Waals surface area contributed by atoms with Crippen LogP contribution >= 0.6 is 0 Å². The molecule has 0 aliphatic heterocycles. The number of pyridine rings is 1. The number of para-hydroxylation sites is 1. The lowest BCUT2D eigenvalue weighted by atomic mass is 9.93. The monoisotopic (exact) mass is 563 g/mol. The van der Waals surface area contributed by atoms with Gasteiger partial charge in [-0.1, -0.05) is 121 Å². The number of rotatable bonds is 5. The number of aromatic nitrogens is 1. The summed E-state index contributed by atoms with van der Waals surface area (Å²) in [5.41, 5.74) is 14.4. The van der Waals surface area contributed by atoms with E-state index in [9.17, 15) is 0 Å². The predicted octanol–water partition coefficient (Wildman–Crippen LogP) is 11.6. The summed E-state index contributed by atoms with van der Waals surface area (Å²) in [4.78, 5) is 5.06. The third-order valence-corrected chi connectivity index (χ3v) is 8.41. The zero-order valence-corrected chi connectivity index (χ0v) is 24.4. The lowest BCUT2D eigenvalue weighted by Crippen LogP contribution is -1.92. The SMILES string of the molecule is Cc1cc(-c2ccc3oc4ccccc4c3c2)ccc1-c1cccc(-c2cc(-c3ccccc3)nc(-c3ccccc3)c2)c1. The Hall–Kier alpha value is -5.73. The van der Waals surface area contributed by atoms with Gasteiger partial charge in [0.05, 0.1) is 11.4 Å². The molecule has 44 heavy (non-hydrogen) atoms. The molecule has 0 unspecified atom stereocenters. The molecule has 0 aliphatic rings. The molecule has 0 saturated heterocycles. The van der Waals surface area contributed by atoms with Gasteiger partial charge in [-0.25, -0.2) is 4.98 Å². The van der Waals surface area contributed by atoms with Crippen LogP contribution in [0.4, 0.5) is 0 Å². The van der Waals surface area contributed by atoms with Crippen molar-refractivity contribution in [1.82, 2.24) is 4.98 Å². The maximum Gasteiger partial charge on any atom is 0.135 e. The molecular formula is C42H29NO. The molecule has 0 aliphatic carbocycles. The molecule has 0 spiro atoms. The van der Waals surface area contributed by atoms with Gasteiger partial charge in [0.25, 0.3) is 0 Å². The zero-order valence-electron chi connectivity index (χ0n) is 24.4. The standard InChI is InChI=1S/C42H29NO/c1-28-23-32(33-20-22-42-38(25-33)37-17-8-9-18-41(37)44-42)19-21-36(28)34-16-10-15-31(24-34)35-26-39(29-11-4-2-5-12-29)43-40(27-35)30-13-6-3-7-14-30/h2-27H,1H3. The van der Waals surface area contributed by atoms with E-state index in [0.29, 0.717) is 0 Å². The second kappa shape index (κ2) is 10.8. The summed E-state index contributed by atoms with van der Waals surface area (Å²) < 4.78 is 6.05. The topological polar surface area (TPSA) is 26.0 Å². The highest BCUT2D eigenvalue weighted by atomic mass is 16.3. The number of furan rings is 1. The minimum absolute atomic E-state index is 0.919. The molecule has 2 heteroatoms. The van der Waals surface area contributed by atoms with Crippen molar-refractivity contribution in [1.29, 1.82) is 0 Å². The fourth-order valence-electron chi connectivity index (χ4n) is 6.15. The maximum absolute atomic E-state index is 6.05. The third kappa shape index (κ3) is 4.77. The van der Waals surface area contributed by atoms with E-state index < -0.39 is 0 Å². The molecule has 0 fully saturated rings. The van der Waals surface area contributed by atoms with E-state index >= 15 is 0 Å². The molecule has 2 heterocycles. The summed E-state index contributed by atoms with van der Waals surface area (Å²) in [5, 5.41) is 2.30. The first-order chi connectivity index (χ1) is 21.7. The first-order valence-electron chi connectivity index (χ1n) is 15.0. The molecule has 2 nitrogen and oxygen atoms in total. The average molecular weight is 564 g/mol. The number of benzene rings is 6. The van der Waals surface area contributed by atoms with Gasteiger partial charge >= 0.3 is 0 Å². The Morgan fingerprint density at radius 2 is 0.955 bits per heavy atom. The van der Waals surface area contributed by atoms with Crippen LogP contribution in [0.2, 0.25) is 0 Å². The molecule has 6 aromatic carbocycles. The summed E-state index contributed by atoms with van der Waals surface area (Å²) in [6.07, 6.45) is 0. The Morgan fingerprint density at radius 3 is 1.68 bits per heavy atom. The van der Waals surface area contributed by atoms with E-state index in [2.05, 4.69) is 140 Å². The summed E-state index contributed by atoms with van der Waals surface area (Å²) >= 11 is 0. The highest BCUT2D eigenvalue weighted by Gasteiger charge is 2.12. The van der Waals surface area contributed by atoms with Gasteiger partial charge in [-0.05, 0) is 82.3 Å². The van der Waals surface area contributed by atoms with Crippen LogP contribution in [0.15, 0.2) is 162 Å². The molecule has 208 valence electrons. The normalized spacial score (nSPS) is 11.3. The first-order valence-corrected chi connectivity index (χ1v) is 15.0. The Labute approximate surface area is 256 Å². The van der Waals surface area contributed by atoms with Crippen molar-refractivity contribution in [2.45, 2.75) is 6.92 Å². The van der Waals surface area contributed by atoms with Crippen LogP contribution in [0, 0.1) is 6.92 Å². The summed E-state index contributed by atoms with van der Waals surface area (Å²) in [6, 6.07) is 55.5. The van der Waals surface area contributed by atoms with Gasteiger partial charge in [0.1, 0.15) is 11.2 Å². The highest BCUT2D eigenvalue weighted by molar-refractivity contribution is 6.06. The van der Waals surface area contributed by atoms with Crippen LogP contribution < -0.4 is 0 Å². The number of hydrogen-bond acceptors (Lipinski definition) is 2. The average Bonchev–Trinajstić information content (AvgIpc) is 3.47. The van der Waals surface area contributed by atoms with E-state index in [1.807, 2.05) is 24.3 Å². The number of fused-ring (bicyclic) bond motifs is 3. The van der Waals surface area contributed by atoms with E-state index in [-0.39, 0.29) is 0 Å². The second-order valence-electron chi connectivity index (χ2n) is 11.3. The minimum Gasteiger partial charge on any atom is -0.456 e. The molecule has 0 bridgehead atoms. The molecule has 8 aromatic rings. The van der Waals surface area contributed by atoms with Crippen molar-refractivity contribution in [2.24, 2.45) is 0 Å². The first kappa shape index (κ1) is 25.9. The lowest BCUT2D eigenvalue weighted by molar-refractivity contribution is 0.669. The van der Waals surface area contributed by atoms with Crippen LogP contribution in [0.25, 0.3) is 77.8 Å². The van der Waals surface area contributed by atoms with Crippen LogP contribution in [0.5, 0.6) is 0 Å². The Balaban J connectivity index is 1.18. The smallest absolute Gasteiger partial charge is 0.135 e. The van der Waals surface area contributed by atoms with Gasteiger partial charge in [-0.3, -0.25) is 0 Å². The largest absolute Gasteiger partial charge is 0.456 e.